The van der Waals surface area contributed by atoms with Crippen molar-refractivity contribution >= 4 is 5.52 Å². The molecule has 0 saturated heterocycles. The van der Waals surface area contributed by atoms with Crippen LogP contribution in [-0.4, -0.2) is 34.6 Å². The molecule has 30 heavy (non-hydrogen) atoms. The first-order valence-corrected chi connectivity index (χ1v) is 9.49. The summed E-state index contributed by atoms with van der Waals surface area (Å²) >= 11 is 0. The molecule has 4 aromatic rings. The van der Waals surface area contributed by atoms with Crippen molar-refractivity contribution < 1.29 is 13.5 Å². The number of benzene rings is 1. The van der Waals surface area contributed by atoms with Crippen LogP contribution >= 0.6 is 0 Å². The van der Waals surface area contributed by atoms with Crippen LogP contribution in [0.4, 0.5) is 8.78 Å². The summed E-state index contributed by atoms with van der Waals surface area (Å²) < 4.78 is 37.4. The maximum absolute atomic E-state index is 14.4. The molecule has 8 nitrogen and oxygen atoms in total. The van der Waals surface area contributed by atoms with E-state index in [4.69, 9.17) is 4.74 Å². The summed E-state index contributed by atoms with van der Waals surface area (Å²) in [4.78, 5) is 4.21. The predicted octanol–water partition coefficient (Wildman–Crippen LogP) is 3.56. The molecule has 4 rings (SSSR count). The van der Waals surface area contributed by atoms with E-state index in [1.54, 1.807) is 4.68 Å². The molecule has 0 radical (unpaired) electrons. The van der Waals surface area contributed by atoms with Crippen molar-refractivity contribution in [2.24, 2.45) is 0 Å². The third kappa shape index (κ3) is 3.49. The Bertz CT molecular complexity index is 1210. The van der Waals surface area contributed by atoms with Crippen LogP contribution in [0.3, 0.4) is 0 Å². The van der Waals surface area contributed by atoms with Crippen molar-refractivity contribution in [3.05, 3.63) is 53.7 Å². The molecule has 1 aromatic carbocycles. The number of nitrogens with zero attached hydrogens (tertiary/aromatic N) is 7. The standard InChI is InChI=1S/C20H21F2N7O/c1-5-28-16(23-11-25-28)10-30-19-17(20(2,3)4)15-9-24-26-18(29(15)27-19)13-8-12(21)6-7-14(13)22/h6-9,11H,5,10H2,1-4H3. The van der Waals surface area contributed by atoms with Gasteiger partial charge in [0.2, 0.25) is 5.88 Å². The zero-order valence-corrected chi connectivity index (χ0v) is 17.1. The van der Waals surface area contributed by atoms with Crippen LogP contribution in [0.5, 0.6) is 5.88 Å². The van der Waals surface area contributed by atoms with Gasteiger partial charge in [-0.25, -0.2) is 23.0 Å². The summed E-state index contributed by atoms with van der Waals surface area (Å²) in [6.45, 7) is 8.80. The third-order valence-electron chi connectivity index (χ3n) is 4.67. The van der Waals surface area contributed by atoms with Gasteiger partial charge in [-0.15, -0.1) is 10.2 Å². The Labute approximate surface area is 171 Å². The molecule has 0 atom stereocenters. The molecular weight excluding hydrogens is 392 g/mol. The van der Waals surface area contributed by atoms with Gasteiger partial charge in [0, 0.05) is 12.1 Å². The minimum Gasteiger partial charge on any atom is -0.468 e. The summed E-state index contributed by atoms with van der Waals surface area (Å²) in [5.41, 5.74) is 0.977. The Morgan fingerprint density at radius 1 is 1.17 bits per heavy atom. The Hall–Kier alpha value is -3.43. The summed E-state index contributed by atoms with van der Waals surface area (Å²) in [7, 11) is 0. The smallest absolute Gasteiger partial charge is 0.238 e. The van der Waals surface area contributed by atoms with Gasteiger partial charge in [-0.05, 0) is 30.5 Å². The molecule has 3 aromatic heterocycles. The van der Waals surface area contributed by atoms with Gasteiger partial charge in [0.15, 0.2) is 11.6 Å². The normalized spacial score (nSPS) is 11.9. The van der Waals surface area contributed by atoms with Crippen LogP contribution in [0.15, 0.2) is 30.7 Å². The van der Waals surface area contributed by atoms with E-state index in [-0.39, 0.29) is 23.4 Å². The van der Waals surface area contributed by atoms with Gasteiger partial charge in [-0.2, -0.15) is 10.2 Å². The second kappa shape index (κ2) is 7.43. The highest BCUT2D eigenvalue weighted by Crippen LogP contribution is 2.36. The van der Waals surface area contributed by atoms with E-state index in [1.807, 2.05) is 27.7 Å². The fraction of sp³-hybridized carbons (Fsp3) is 0.350. The Morgan fingerprint density at radius 3 is 2.70 bits per heavy atom. The third-order valence-corrected chi connectivity index (χ3v) is 4.67. The number of halogens is 2. The molecule has 156 valence electrons. The lowest BCUT2D eigenvalue weighted by Crippen LogP contribution is -2.14. The van der Waals surface area contributed by atoms with Crippen molar-refractivity contribution in [1.82, 2.24) is 34.6 Å². The first-order chi connectivity index (χ1) is 14.3. The molecule has 0 N–H and O–H groups in total. The van der Waals surface area contributed by atoms with Crippen molar-refractivity contribution in [1.29, 1.82) is 0 Å². The molecule has 0 spiro atoms. The number of aryl methyl sites for hydroxylation is 1. The van der Waals surface area contributed by atoms with Crippen molar-refractivity contribution in [3.8, 4) is 17.3 Å². The lowest BCUT2D eigenvalue weighted by molar-refractivity contribution is 0.268. The topological polar surface area (TPSA) is 83.0 Å². The van der Waals surface area contributed by atoms with Gasteiger partial charge in [0.05, 0.1) is 17.3 Å². The summed E-state index contributed by atoms with van der Waals surface area (Å²) in [5.74, 6) is -0.113. The van der Waals surface area contributed by atoms with Gasteiger partial charge in [-0.3, -0.25) is 0 Å². The van der Waals surface area contributed by atoms with Gasteiger partial charge < -0.3 is 4.74 Å². The largest absolute Gasteiger partial charge is 0.468 e. The van der Waals surface area contributed by atoms with E-state index in [9.17, 15) is 8.78 Å². The minimum atomic E-state index is -0.621. The molecule has 0 aliphatic heterocycles. The highest BCUT2D eigenvalue weighted by atomic mass is 19.1. The monoisotopic (exact) mass is 413 g/mol. The van der Waals surface area contributed by atoms with E-state index < -0.39 is 11.6 Å². The molecule has 0 unspecified atom stereocenters. The van der Waals surface area contributed by atoms with E-state index in [2.05, 4.69) is 25.4 Å². The first-order valence-electron chi connectivity index (χ1n) is 9.49. The molecular formula is C20H21F2N7O. The summed E-state index contributed by atoms with van der Waals surface area (Å²) in [6, 6.07) is 3.17. The highest BCUT2D eigenvalue weighted by molar-refractivity contribution is 5.66. The molecule has 0 bridgehead atoms. The zero-order chi connectivity index (χ0) is 21.5. The SMILES string of the molecule is CCn1ncnc1COc1nn2c(-c3cc(F)ccc3F)nncc2c1C(C)(C)C. The second-order valence-electron chi connectivity index (χ2n) is 7.80. The highest BCUT2D eigenvalue weighted by Gasteiger charge is 2.28. The van der Waals surface area contributed by atoms with E-state index >= 15 is 0 Å². The Balaban J connectivity index is 1.85. The maximum Gasteiger partial charge on any atom is 0.238 e. The van der Waals surface area contributed by atoms with Crippen LogP contribution in [0.2, 0.25) is 0 Å². The number of ether oxygens (including phenoxy) is 1. The van der Waals surface area contributed by atoms with Gasteiger partial charge >= 0.3 is 0 Å². The van der Waals surface area contributed by atoms with Crippen LogP contribution in [-0.2, 0) is 18.6 Å². The molecule has 10 heteroatoms. The predicted molar refractivity (Wildman–Crippen MR) is 105 cm³/mol. The lowest BCUT2D eigenvalue weighted by atomic mass is 9.88. The summed E-state index contributed by atoms with van der Waals surface area (Å²) in [5, 5.41) is 16.7. The molecule has 3 heterocycles. The van der Waals surface area contributed by atoms with E-state index in [0.717, 1.165) is 23.8 Å². The van der Waals surface area contributed by atoms with Crippen molar-refractivity contribution in [2.45, 2.75) is 46.3 Å². The van der Waals surface area contributed by atoms with Crippen molar-refractivity contribution in [3.63, 3.8) is 0 Å². The van der Waals surface area contributed by atoms with Crippen LogP contribution < -0.4 is 4.74 Å². The molecule has 0 fully saturated rings. The Kier molecular flexibility index (Phi) is 4.92. The maximum atomic E-state index is 14.4. The van der Waals surface area contributed by atoms with E-state index in [1.165, 1.54) is 17.0 Å². The lowest BCUT2D eigenvalue weighted by Gasteiger charge is -2.18. The van der Waals surface area contributed by atoms with Crippen LogP contribution in [0, 0.1) is 11.6 Å². The average Bonchev–Trinajstić information content (AvgIpc) is 3.31. The summed E-state index contributed by atoms with van der Waals surface area (Å²) in [6.07, 6.45) is 3.00. The number of aromatic nitrogens is 7. The Morgan fingerprint density at radius 2 is 1.97 bits per heavy atom. The van der Waals surface area contributed by atoms with Gasteiger partial charge in [-0.1, -0.05) is 20.8 Å². The average molecular weight is 413 g/mol. The van der Waals surface area contributed by atoms with E-state index in [0.29, 0.717) is 23.8 Å². The molecule has 0 aliphatic carbocycles. The second-order valence-corrected chi connectivity index (χ2v) is 7.80. The fourth-order valence-corrected chi connectivity index (χ4v) is 3.31. The first kappa shape index (κ1) is 19.9. The number of rotatable bonds is 5. The molecule has 0 amide bonds. The van der Waals surface area contributed by atoms with Gasteiger partial charge in [0.1, 0.15) is 24.6 Å². The van der Waals surface area contributed by atoms with Crippen LogP contribution in [0.25, 0.3) is 16.9 Å². The number of fused-ring (bicyclic) bond motifs is 1. The molecule has 0 saturated carbocycles. The fourth-order valence-electron chi connectivity index (χ4n) is 3.31. The van der Waals surface area contributed by atoms with Crippen LogP contribution in [0.1, 0.15) is 39.1 Å². The zero-order valence-electron chi connectivity index (χ0n) is 17.1. The van der Waals surface area contributed by atoms with Gasteiger partial charge in [0.25, 0.3) is 0 Å². The number of hydrogen-bond acceptors (Lipinski definition) is 6. The number of hydrogen-bond donors (Lipinski definition) is 0. The minimum absolute atomic E-state index is 0.0339. The molecule has 0 aliphatic rings. The van der Waals surface area contributed by atoms with Crippen molar-refractivity contribution in [2.75, 3.05) is 0 Å². The quantitative estimate of drug-likeness (QED) is 0.498.